The quantitative estimate of drug-likeness (QED) is 0.564. The first kappa shape index (κ1) is 8.19. The zero-order valence-electron chi connectivity index (χ0n) is 5.76. The SMILES string of the molecule is CCC(O)/C=C(\C)C#N. The Morgan fingerprint density at radius 3 is 2.78 bits per heavy atom. The third-order valence-electron chi connectivity index (χ3n) is 1.04. The van der Waals surface area contributed by atoms with Gasteiger partial charge in [-0.1, -0.05) is 6.92 Å². The minimum atomic E-state index is -0.454. The fourth-order valence-electron chi connectivity index (χ4n) is 0.444. The summed E-state index contributed by atoms with van der Waals surface area (Å²) < 4.78 is 0. The van der Waals surface area contributed by atoms with Gasteiger partial charge in [-0.05, 0) is 19.4 Å². The summed E-state index contributed by atoms with van der Waals surface area (Å²) in [6.07, 6.45) is 1.77. The van der Waals surface area contributed by atoms with Gasteiger partial charge in [0.25, 0.3) is 0 Å². The molecule has 0 aliphatic rings. The highest BCUT2D eigenvalue weighted by Crippen LogP contribution is 1.96. The maximum atomic E-state index is 8.93. The van der Waals surface area contributed by atoms with E-state index >= 15 is 0 Å². The largest absolute Gasteiger partial charge is 0.389 e. The Balaban J connectivity index is 3.83. The molecule has 2 heteroatoms. The van der Waals surface area contributed by atoms with Crippen molar-refractivity contribution in [3.8, 4) is 6.07 Å². The van der Waals surface area contributed by atoms with Crippen molar-refractivity contribution < 1.29 is 5.11 Å². The molecule has 0 aromatic rings. The van der Waals surface area contributed by atoms with Crippen molar-refractivity contribution in [3.63, 3.8) is 0 Å². The van der Waals surface area contributed by atoms with Crippen LogP contribution in [0.3, 0.4) is 0 Å². The van der Waals surface area contributed by atoms with Gasteiger partial charge in [0.2, 0.25) is 0 Å². The Labute approximate surface area is 55.4 Å². The molecule has 0 bridgehead atoms. The molecule has 0 amide bonds. The second kappa shape index (κ2) is 4.11. The van der Waals surface area contributed by atoms with Crippen molar-refractivity contribution in [2.45, 2.75) is 26.4 Å². The van der Waals surface area contributed by atoms with Gasteiger partial charge in [-0.25, -0.2) is 0 Å². The van der Waals surface area contributed by atoms with Crippen LogP contribution in [-0.2, 0) is 0 Å². The minimum absolute atomic E-state index is 0.454. The summed E-state index contributed by atoms with van der Waals surface area (Å²) in [6.45, 7) is 3.55. The van der Waals surface area contributed by atoms with Crippen LogP contribution in [0.1, 0.15) is 20.3 Å². The van der Waals surface area contributed by atoms with Crippen molar-refractivity contribution in [2.75, 3.05) is 0 Å². The van der Waals surface area contributed by atoms with E-state index < -0.39 is 6.10 Å². The second-order valence-electron chi connectivity index (χ2n) is 1.94. The van der Waals surface area contributed by atoms with E-state index in [0.29, 0.717) is 12.0 Å². The monoisotopic (exact) mass is 125 g/mol. The van der Waals surface area contributed by atoms with Crippen LogP contribution in [0.5, 0.6) is 0 Å². The summed E-state index contributed by atoms with van der Waals surface area (Å²) in [5, 5.41) is 17.2. The van der Waals surface area contributed by atoms with Crippen LogP contribution in [0.15, 0.2) is 11.6 Å². The summed E-state index contributed by atoms with van der Waals surface area (Å²) in [5.41, 5.74) is 0.573. The number of aliphatic hydroxyl groups is 1. The average Bonchev–Trinajstić information content (AvgIpc) is 1.87. The van der Waals surface area contributed by atoms with Gasteiger partial charge in [-0.2, -0.15) is 5.26 Å². The first-order valence-corrected chi connectivity index (χ1v) is 2.97. The molecule has 0 aliphatic carbocycles. The molecule has 0 fully saturated rings. The van der Waals surface area contributed by atoms with Crippen LogP contribution in [-0.4, -0.2) is 11.2 Å². The molecule has 9 heavy (non-hydrogen) atoms. The van der Waals surface area contributed by atoms with E-state index in [-0.39, 0.29) is 0 Å². The van der Waals surface area contributed by atoms with Gasteiger partial charge < -0.3 is 5.11 Å². The molecule has 0 aliphatic heterocycles. The normalized spacial score (nSPS) is 14.7. The maximum Gasteiger partial charge on any atom is 0.0941 e. The molecule has 2 nitrogen and oxygen atoms in total. The first-order chi connectivity index (χ1) is 4.20. The Bertz CT molecular complexity index is 143. The van der Waals surface area contributed by atoms with Crippen LogP contribution < -0.4 is 0 Å². The van der Waals surface area contributed by atoms with E-state index in [9.17, 15) is 0 Å². The topological polar surface area (TPSA) is 44.0 Å². The van der Waals surface area contributed by atoms with Gasteiger partial charge in [0, 0.05) is 5.57 Å². The van der Waals surface area contributed by atoms with E-state index in [4.69, 9.17) is 10.4 Å². The molecule has 0 aromatic heterocycles. The van der Waals surface area contributed by atoms with Crippen molar-refractivity contribution in [1.82, 2.24) is 0 Å². The summed E-state index contributed by atoms with van der Waals surface area (Å²) >= 11 is 0. The molecule has 0 saturated carbocycles. The molecular formula is C7H11NO. The number of nitriles is 1. The molecule has 1 N–H and O–H groups in total. The van der Waals surface area contributed by atoms with Crippen LogP contribution in [0.4, 0.5) is 0 Å². The van der Waals surface area contributed by atoms with E-state index in [1.807, 2.05) is 13.0 Å². The van der Waals surface area contributed by atoms with E-state index in [2.05, 4.69) is 0 Å². The zero-order chi connectivity index (χ0) is 7.28. The van der Waals surface area contributed by atoms with Crippen LogP contribution in [0.25, 0.3) is 0 Å². The molecule has 0 heterocycles. The van der Waals surface area contributed by atoms with Crippen molar-refractivity contribution in [3.05, 3.63) is 11.6 Å². The maximum absolute atomic E-state index is 8.93. The molecule has 0 spiro atoms. The highest BCUT2D eigenvalue weighted by molar-refractivity contribution is 5.18. The lowest BCUT2D eigenvalue weighted by molar-refractivity contribution is 0.218. The van der Waals surface area contributed by atoms with Crippen molar-refractivity contribution in [2.24, 2.45) is 0 Å². The van der Waals surface area contributed by atoms with Gasteiger partial charge >= 0.3 is 0 Å². The Hall–Kier alpha value is -0.810. The van der Waals surface area contributed by atoms with Crippen molar-refractivity contribution >= 4 is 0 Å². The predicted molar refractivity (Wildman–Crippen MR) is 35.7 cm³/mol. The molecule has 50 valence electrons. The van der Waals surface area contributed by atoms with E-state index in [0.717, 1.165) is 0 Å². The highest BCUT2D eigenvalue weighted by atomic mass is 16.3. The van der Waals surface area contributed by atoms with Gasteiger partial charge in [-0.3, -0.25) is 0 Å². The zero-order valence-corrected chi connectivity index (χ0v) is 5.76. The third-order valence-corrected chi connectivity index (χ3v) is 1.04. The molecule has 1 atom stereocenters. The highest BCUT2D eigenvalue weighted by Gasteiger charge is 1.94. The molecule has 0 rings (SSSR count). The molecule has 0 saturated heterocycles. The van der Waals surface area contributed by atoms with Crippen LogP contribution in [0, 0.1) is 11.3 Å². The molecular weight excluding hydrogens is 114 g/mol. The second-order valence-corrected chi connectivity index (χ2v) is 1.94. The lowest BCUT2D eigenvalue weighted by atomic mass is 10.2. The fraction of sp³-hybridized carbons (Fsp3) is 0.571. The van der Waals surface area contributed by atoms with Gasteiger partial charge in [0.1, 0.15) is 0 Å². The number of hydrogen-bond donors (Lipinski definition) is 1. The minimum Gasteiger partial charge on any atom is -0.389 e. The number of aliphatic hydroxyl groups excluding tert-OH is 1. The summed E-state index contributed by atoms with van der Waals surface area (Å²) in [4.78, 5) is 0. The summed E-state index contributed by atoms with van der Waals surface area (Å²) in [5.74, 6) is 0. The number of nitrogens with zero attached hydrogens (tertiary/aromatic N) is 1. The van der Waals surface area contributed by atoms with Gasteiger partial charge in [-0.15, -0.1) is 0 Å². The predicted octanol–water partition coefficient (Wildman–Crippen LogP) is 1.23. The standard InChI is InChI=1S/C7H11NO/c1-3-7(9)4-6(2)5-8/h4,7,9H,3H2,1-2H3/b6-4+. The van der Waals surface area contributed by atoms with Crippen LogP contribution >= 0.6 is 0 Å². The molecule has 0 aromatic carbocycles. The van der Waals surface area contributed by atoms with E-state index in [1.165, 1.54) is 0 Å². The van der Waals surface area contributed by atoms with Crippen molar-refractivity contribution in [1.29, 1.82) is 5.26 Å². The number of rotatable bonds is 2. The Morgan fingerprint density at radius 2 is 2.44 bits per heavy atom. The summed E-state index contributed by atoms with van der Waals surface area (Å²) in [7, 11) is 0. The molecule has 0 radical (unpaired) electrons. The lowest BCUT2D eigenvalue weighted by Crippen LogP contribution is -1.99. The Morgan fingerprint density at radius 1 is 1.89 bits per heavy atom. The number of hydrogen-bond acceptors (Lipinski definition) is 2. The third kappa shape index (κ3) is 3.75. The average molecular weight is 125 g/mol. The first-order valence-electron chi connectivity index (χ1n) is 2.97. The van der Waals surface area contributed by atoms with Gasteiger partial charge in [0.15, 0.2) is 0 Å². The fourth-order valence-corrected chi connectivity index (χ4v) is 0.444. The lowest BCUT2D eigenvalue weighted by Gasteiger charge is -1.97. The van der Waals surface area contributed by atoms with Gasteiger partial charge in [0.05, 0.1) is 12.2 Å². The summed E-state index contributed by atoms with van der Waals surface area (Å²) in [6, 6.07) is 1.93. The number of allylic oxidation sites excluding steroid dienone is 1. The Kier molecular flexibility index (Phi) is 3.74. The molecule has 1 unspecified atom stereocenters. The van der Waals surface area contributed by atoms with E-state index in [1.54, 1.807) is 13.0 Å². The van der Waals surface area contributed by atoms with Crippen LogP contribution in [0.2, 0.25) is 0 Å². The smallest absolute Gasteiger partial charge is 0.0941 e.